The molecule has 0 spiro atoms. The first-order valence-electron chi connectivity index (χ1n) is 5.97. The molecule has 3 nitrogen and oxygen atoms in total. The standard InChI is InChI=1S/C14H13N3S/c1-17-9-16-12(8-15)14(17)11-4-5-13-10(7-11)3-2-6-18-13/h4-5,7,9H,2-3,6H2,1H3. The minimum absolute atomic E-state index is 0.501. The van der Waals surface area contributed by atoms with Crippen molar-refractivity contribution in [2.45, 2.75) is 17.7 Å². The number of thioether (sulfide) groups is 1. The van der Waals surface area contributed by atoms with Crippen molar-refractivity contribution in [3.63, 3.8) is 0 Å². The molecule has 0 atom stereocenters. The molecule has 1 aromatic carbocycles. The van der Waals surface area contributed by atoms with Gasteiger partial charge in [-0.2, -0.15) is 5.26 Å². The number of nitrogens with zero attached hydrogens (tertiary/aromatic N) is 3. The number of hydrogen-bond acceptors (Lipinski definition) is 3. The van der Waals surface area contributed by atoms with Crippen molar-refractivity contribution in [3.8, 4) is 17.3 Å². The smallest absolute Gasteiger partial charge is 0.166 e. The van der Waals surface area contributed by atoms with Crippen LogP contribution < -0.4 is 0 Å². The van der Waals surface area contributed by atoms with Gasteiger partial charge in [-0.1, -0.05) is 6.07 Å². The molecule has 0 amide bonds. The lowest BCUT2D eigenvalue weighted by atomic mass is 10.0. The van der Waals surface area contributed by atoms with Crippen LogP contribution in [0.2, 0.25) is 0 Å². The summed E-state index contributed by atoms with van der Waals surface area (Å²) in [5, 5.41) is 9.10. The molecule has 0 fully saturated rings. The molecule has 90 valence electrons. The van der Waals surface area contributed by atoms with Crippen LogP contribution in [0.25, 0.3) is 11.3 Å². The topological polar surface area (TPSA) is 41.6 Å². The van der Waals surface area contributed by atoms with Crippen molar-refractivity contribution in [1.82, 2.24) is 9.55 Å². The number of aromatic nitrogens is 2. The maximum Gasteiger partial charge on any atom is 0.166 e. The van der Waals surface area contributed by atoms with Gasteiger partial charge in [-0.15, -0.1) is 11.8 Å². The minimum atomic E-state index is 0.501. The molecule has 0 N–H and O–H groups in total. The summed E-state index contributed by atoms with van der Waals surface area (Å²) in [5.41, 5.74) is 3.90. The Morgan fingerprint density at radius 3 is 3.17 bits per heavy atom. The van der Waals surface area contributed by atoms with Gasteiger partial charge in [0, 0.05) is 17.5 Å². The number of benzene rings is 1. The highest BCUT2D eigenvalue weighted by Crippen LogP contribution is 2.33. The van der Waals surface area contributed by atoms with Crippen molar-refractivity contribution >= 4 is 11.8 Å². The monoisotopic (exact) mass is 255 g/mol. The van der Waals surface area contributed by atoms with E-state index < -0.39 is 0 Å². The van der Waals surface area contributed by atoms with Gasteiger partial charge in [-0.25, -0.2) is 4.98 Å². The van der Waals surface area contributed by atoms with Crippen molar-refractivity contribution in [2.75, 3.05) is 5.75 Å². The summed E-state index contributed by atoms with van der Waals surface area (Å²) in [5.74, 6) is 1.21. The van der Waals surface area contributed by atoms with E-state index in [1.165, 1.54) is 22.6 Å². The number of fused-ring (bicyclic) bond motifs is 1. The molecule has 0 aliphatic carbocycles. The van der Waals surface area contributed by atoms with E-state index in [1.807, 2.05) is 23.4 Å². The predicted molar refractivity (Wildman–Crippen MR) is 72.4 cm³/mol. The third-order valence-corrected chi connectivity index (χ3v) is 4.43. The number of rotatable bonds is 1. The van der Waals surface area contributed by atoms with Crippen molar-refractivity contribution < 1.29 is 0 Å². The third-order valence-electron chi connectivity index (χ3n) is 3.22. The van der Waals surface area contributed by atoms with Gasteiger partial charge >= 0.3 is 0 Å². The van der Waals surface area contributed by atoms with Crippen LogP contribution >= 0.6 is 11.8 Å². The summed E-state index contributed by atoms with van der Waals surface area (Å²) in [6.07, 6.45) is 4.07. The Labute approximate surface area is 110 Å². The van der Waals surface area contributed by atoms with Gasteiger partial charge in [-0.3, -0.25) is 0 Å². The zero-order chi connectivity index (χ0) is 12.5. The van der Waals surface area contributed by atoms with E-state index in [9.17, 15) is 0 Å². The Morgan fingerprint density at radius 1 is 1.44 bits per heavy atom. The zero-order valence-corrected chi connectivity index (χ0v) is 11.0. The summed E-state index contributed by atoms with van der Waals surface area (Å²) in [6, 6.07) is 8.63. The molecule has 0 saturated carbocycles. The summed E-state index contributed by atoms with van der Waals surface area (Å²) in [7, 11) is 1.93. The highest BCUT2D eigenvalue weighted by Gasteiger charge is 2.15. The van der Waals surface area contributed by atoms with Crippen LogP contribution in [0.3, 0.4) is 0 Å². The first kappa shape index (κ1) is 11.4. The molecule has 0 unspecified atom stereocenters. The van der Waals surface area contributed by atoms with Gasteiger partial charge < -0.3 is 4.57 Å². The Morgan fingerprint density at radius 2 is 2.33 bits per heavy atom. The average Bonchev–Trinajstić information content (AvgIpc) is 2.79. The molecule has 3 rings (SSSR count). The normalized spacial score (nSPS) is 14.0. The number of imidazole rings is 1. The second-order valence-electron chi connectivity index (χ2n) is 4.44. The van der Waals surface area contributed by atoms with Gasteiger partial charge in [0.05, 0.1) is 12.0 Å². The average molecular weight is 255 g/mol. The predicted octanol–water partition coefficient (Wildman–Crippen LogP) is 3.00. The van der Waals surface area contributed by atoms with Crippen LogP contribution in [0.5, 0.6) is 0 Å². The maximum absolute atomic E-state index is 9.10. The fourth-order valence-corrected chi connectivity index (χ4v) is 3.38. The second kappa shape index (κ2) is 4.51. The molecule has 1 aliphatic heterocycles. The molecule has 1 aromatic heterocycles. The SMILES string of the molecule is Cn1cnc(C#N)c1-c1ccc2c(c1)CCCS2. The van der Waals surface area contributed by atoms with E-state index >= 15 is 0 Å². The van der Waals surface area contributed by atoms with Crippen molar-refractivity contribution in [2.24, 2.45) is 7.05 Å². The summed E-state index contributed by atoms with van der Waals surface area (Å²) in [6.45, 7) is 0. The largest absolute Gasteiger partial charge is 0.333 e. The Hall–Kier alpha value is -1.73. The number of aryl methyl sites for hydroxylation is 2. The van der Waals surface area contributed by atoms with Crippen molar-refractivity contribution in [3.05, 3.63) is 35.8 Å². The van der Waals surface area contributed by atoms with Gasteiger partial charge in [0.25, 0.3) is 0 Å². The van der Waals surface area contributed by atoms with Gasteiger partial charge in [0.15, 0.2) is 5.69 Å². The van der Waals surface area contributed by atoms with E-state index in [0.717, 1.165) is 17.7 Å². The molecule has 2 aromatic rings. The van der Waals surface area contributed by atoms with E-state index in [-0.39, 0.29) is 0 Å². The molecule has 18 heavy (non-hydrogen) atoms. The van der Waals surface area contributed by atoms with Crippen LogP contribution in [-0.2, 0) is 13.5 Å². The molecule has 0 radical (unpaired) electrons. The van der Waals surface area contributed by atoms with Crippen LogP contribution in [0.15, 0.2) is 29.4 Å². The zero-order valence-electron chi connectivity index (χ0n) is 10.2. The Kier molecular flexibility index (Phi) is 2.85. The highest BCUT2D eigenvalue weighted by atomic mass is 32.2. The van der Waals surface area contributed by atoms with E-state index in [2.05, 4.69) is 29.3 Å². The minimum Gasteiger partial charge on any atom is -0.333 e. The van der Waals surface area contributed by atoms with Crippen molar-refractivity contribution in [1.29, 1.82) is 5.26 Å². The lowest BCUT2D eigenvalue weighted by molar-refractivity contribution is 0.887. The van der Waals surface area contributed by atoms with E-state index in [1.54, 1.807) is 6.33 Å². The van der Waals surface area contributed by atoms with Gasteiger partial charge in [0.1, 0.15) is 6.07 Å². The molecule has 0 bridgehead atoms. The molecular weight excluding hydrogens is 242 g/mol. The van der Waals surface area contributed by atoms with Crippen LogP contribution in [0.1, 0.15) is 17.7 Å². The molecule has 4 heteroatoms. The Balaban J connectivity index is 2.12. The quantitative estimate of drug-likeness (QED) is 0.786. The first-order chi connectivity index (χ1) is 8.79. The van der Waals surface area contributed by atoms with E-state index in [0.29, 0.717) is 5.69 Å². The van der Waals surface area contributed by atoms with Crippen LogP contribution in [0.4, 0.5) is 0 Å². The fourth-order valence-electron chi connectivity index (χ4n) is 2.36. The summed E-state index contributed by atoms with van der Waals surface area (Å²) >= 11 is 1.92. The van der Waals surface area contributed by atoms with E-state index in [4.69, 9.17) is 5.26 Å². The lowest BCUT2D eigenvalue weighted by Crippen LogP contribution is -1.99. The van der Waals surface area contributed by atoms with Gasteiger partial charge in [0.2, 0.25) is 0 Å². The van der Waals surface area contributed by atoms with Gasteiger partial charge in [-0.05, 0) is 36.3 Å². The summed E-state index contributed by atoms with van der Waals surface area (Å²) in [4.78, 5) is 5.50. The number of nitriles is 1. The first-order valence-corrected chi connectivity index (χ1v) is 6.95. The third kappa shape index (κ3) is 1.81. The van der Waals surface area contributed by atoms with Crippen LogP contribution in [-0.4, -0.2) is 15.3 Å². The molecule has 2 heterocycles. The maximum atomic E-state index is 9.10. The van der Waals surface area contributed by atoms with Crippen LogP contribution in [0, 0.1) is 11.3 Å². The lowest BCUT2D eigenvalue weighted by Gasteiger charge is -2.16. The molecular formula is C14H13N3S. The Bertz CT molecular complexity index is 637. The molecule has 0 saturated heterocycles. The second-order valence-corrected chi connectivity index (χ2v) is 5.58. The fraction of sp³-hybridized carbons (Fsp3) is 0.286. The molecule has 1 aliphatic rings. The number of hydrogen-bond donors (Lipinski definition) is 0. The highest BCUT2D eigenvalue weighted by molar-refractivity contribution is 7.99. The summed E-state index contributed by atoms with van der Waals surface area (Å²) < 4.78 is 1.91.